The summed E-state index contributed by atoms with van der Waals surface area (Å²) in [4.78, 5) is 0. The Labute approximate surface area is 148 Å². The third kappa shape index (κ3) is 4.17. The predicted molar refractivity (Wildman–Crippen MR) is 103 cm³/mol. The van der Waals surface area contributed by atoms with Crippen LogP contribution in [0.15, 0.2) is 84.9 Å². The van der Waals surface area contributed by atoms with Crippen molar-refractivity contribution < 1.29 is 10.2 Å². The van der Waals surface area contributed by atoms with Crippen LogP contribution in [0.5, 0.6) is 5.75 Å². The number of aromatic hydroxyl groups is 1. The number of benzene rings is 3. The Morgan fingerprint density at radius 3 is 1.72 bits per heavy atom. The predicted octanol–water partition coefficient (Wildman–Crippen LogP) is 5.12. The van der Waals surface area contributed by atoms with Gasteiger partial charge in [0.2, 0.25) is 0 Å². The number of phenolic OH excluding ortho intramolecular Hbond substituents is 1. The highest BCUT2D eigenvalue weighted by Crippen LogP contribution is 2.35. The molecule has 0 saturated carbocycles. The van der Waals surface area contributed by atoms with Gasteiger partial charge in [-0.1, -0.05) is 72.8 Å². The van der Waals surface area contributed by atoms with E-state index in [0.717, 1.165) is 28.7 Å². The van der Waals surface area contributed by atoms with Crippen molar-refractivity contribution >= 4 is 11.1 Å². The van der Waals surface area contributed by atoms with Gasteiger partial charge in [0.25, 0.3) is 0 Å². The summed E-state index contributed by atoms with van der Waals surface area (Å²) in [5.74, 6) is 0.257. The van der Waals surface area contributed by atoms with Crippen molar-refractivity contribution in [1.29, 1.82) is 0 Å². The largest absolute Gasteiger partial charge is 0.508 e. The van der Waals surface area contributed by atoms with Gasteiger partial charge in [0.15, 0.2) is 0 Å². The maximum absolute atomic E-state index is 9.66. The molecule has 0 atom stereocenters. The van der Waals surface area contributed by atoms with E-state index in [0.29, 0.717) is 6.42 Å². The zero-order chi connectivity index (χ0) is 17.5. The van der Waals surface area contributed by atoms with Gasteiger partial charge in [0.05, 0.1) is 0 Å². The molecule has 0 radical (unpaired) electrons. The highest BCUT2D eigenvalue weighted by molar-refractivity contribution is 5.98. The molecule has 0 aliphatic rings. The molecule has 2 N–H and O–H groups in total. The molecule has 3 rings (SSSR count). The summed E-state index contributed by atoms with van der Waals surface area (Å²) < 4.78 is 0. The summed E-state index contributed by atoms with van der Waals surface area (Å²) in [5.41, 5.74) is 5.68. The molecule has 2 nitrogen and oxygen atoms in total. The van der Waals surface area contributed by atoms with Crippen LogP contribution < -0.4 is 0 Å². The van der Waals surface area contributed by atoms with E-state index in [4.69, 9.17) is 0 Å². The number of phenols is 1. The number of allylic oxidation sites excluding steroid dienone is 1. The van der Waals surface area contributed by atoms with E-state index in [2.05, 4.69) is 24.3 Å². The average Bonchev–Trinajstić information content (AvgIpc) is 2.67. The Morgan fingerprint density at radius 1 is 0.640 bits per heavy atom. The Hall–Kier alpha value is -2.84. The van der Waals surface area contributed by atoms with Gasteiger partial charge in [-0.2, -0.15) is 0 Å². The van der Waals surface area contributed by atoms with Crippen molar-refractivity contribution in [2.75, 3.05) is 6.61 Å². The molecule has 0 unspecified atom stereocenters. The molecule has 3 aromatic rings. The summed E-state index contributed by atoms with van der Waals surface area (Å²) in [6, 6.07) is 27.9. The van der Waals surface area contributed by atoms with Crippen LogP contribution in [-0.4, -0.2) is 16.8 Å². The molecule has 3 aromatic carbocycles. The van der Waals surface area contributed by atoms with Gasteiger partial charge in [-0.15, -0.1) is 0 Å². The van der Waals surface area contributed by atoms with Gasteiger partial charge in [-0.05, 0) is 52.8 Å². The quantitative estimate of drug-likeness (QED) is 0.616. The number of hydrogen-bond donors (Lipinski definition) is 2. The lowest BCUT2D eigenvalue weighted by atomic mass is 9.87. The Bertz CT molecular complexity index is 819. The van der Waals surface area contributed by atoms with Crippen molar-refractivity contribution in [2.45, 2.75) is 12.8 Å². The van der Waals surface area contributed by atoms with Crippen molar-refractivity contribution in [3.8, 4) is 5.75 Å². The average molecular weight is 330 g/mol. The zero-order valence-corrected chi connectivity index (χ0v) is 14.1. The van der Waals surface area contributed by atoms with E-state index in [1.165, 1.54) is 5.57 Å². The molecule has 0 aromatic heterocycles. The summed E-state index contributed by atoms with van der Waals surface area (Å²) in [5, 5.41) is 19.0. The van der Waals surface area contributed by atoms with Crippen LogP contribution >= 0.6 is 0 Å². The minimum absolute atomic E-state index is 0.161. The molecule has 0 amide bonds. The molecular weight excluding hydrogens is 308 g/mol. The van der Waals surface area contributed by atoms with Gasteiger partial charge < -0.3 is 10.2 Å². The van der Waals surface area contributed by atoms with Gasteiger partial charge in [-0.3, -0.25) is 0 Å². The molecular formula is C23H22O2. The van der Waals surface area contributed by atoms with Gasteiger partial charge in [0, 0.05) is 6.61 Å². The van der Waals surface area contributed by atoms with Crippen LogP contribution in [0.4, 0.5) is 0 Å². The minimum Gasteiger partial charge on any atom is -0.508 e. The second-order valence-electron chi connectivity index (χ2n) is 5.96. The normalized spacial score (nSPS) is 11.9. The fourth-order valence-electron chi connectivity index (χ4n) is 3.06. The van der Waals surface area contributed by atoms with E-state index in [1.807, 2.05) is 48.5 Å². The van der Waals surface area contributed by atoms with Crippen LogP contribution in [0.3, 0.4) is 0 Å². The van der Waals surface area contributed by atoms with E-state index >= 15 is 0 Å². The summed E-state index contributed by atoms with van der Waals surface area (Å²) in [6.45, 7) is 0.161. The van der Waals surface area contributed by atoms with Crippen LogP contribution in [0.2, 0.25) is 0 Å². The lowest BCUT2D eigenvalue weighted by molar-refractivity contribution is 0.290. The molecule has 0 bridgehead atoms. The van der Waals surface area contributed by atoms with E-state index in [-0.39, 0.29) is 12.4 Å². The summed E-state index contributed by atoms with van der Waals surface area (Å²) >= 11 is 0. The standard InChI is InChI=1S/C23H22O2/c24-17-7-12-22(18-8-3-1-4-9-18)23(19-10-5-2-6-11-19)20-13-15-21(25)16-14-20/h1-6,8-11,13-16,24-25H,7,12,17H2. The first-order chi connectivity index (χ1) is 12.3. The molecule has 0 aliphatic heterocycles. The Morgan fingerprint density at radius 2 is 1.16 bits per heavy atom. The molecule has 0 saturated heterocycles. The smallest absolute Gasteiger partial charge is 0.115 e. The summed E-state index contributed by atoms with van der Waals surface area (Å²) in [6.07, 6.45) is 1.49. The first-order valence-electron chi connectivity index (χ1n) is 8.54. The van der Waals surface area contributed by atoms with Gasteiger partial charge >= 0.3 is 0 Å². The van der Waals surface area contributed by atoms with E-state index in [1.54, 1.807) is 12.1 Å². The SMILES string of the molecule is OCCCC(=C(c1ccccc1)c1ccc(O)cc1)c1ccccc1. The maximum Gasteiger partial charge on any atom is 0.115 e. The van der Waals surface area contributed by atoms with E-state index < -0.39 is 0 Å². The fraction of sp³-hybridized carbons (Fsp3) is 0.130. The zero-order valence-electron chi connectivity index (χ0n) is 14.1. The first kappa shape index (κ1) is 17.0. The Kier molecular flexibility index (Phi) is 5.65. The monoisotopic (exact) mass is 330 g/mol. The van der Waals surface area contributed by atoms with Crippen molar-refractivity contribution in [3.63, 3.8) is 0 Å². The Balaban J connectivity index is 2.24. The summed E-state index contributed by atoms with van der Waals surface area (Å²) in [7, 11) is 0. The highest BCUT2D eigenvalue weighted by Gasteiger charge is 2.13. The molecule has 0 aliphatic carbocycles. The first-order valence-corrected chi connectivity index (χ1v) is 8.54. The minimum atomic E-state index is 0.161. The third-order valence-corrected chi connectivity index (χ3v) is 4.23. The molecule has 126 valence electrons. The van der Waals surface area contributed by atoms with Crippen molar-refractivity contribution in [3.05, 3.63) is 102 Å². The van der Waals surface area contributed by atoms with Gasteiger partial charge in [-0.25, -0.2) is 0 Å². The van der Waals surface area contributed by atoms with Crippen LogP contribution in [0, 0.1) is 0 Å². The topological polar surface area (TPSA) is 40.5 Å². The number of hydrogen-bond acceptors (Lipinski definition) is 2. The molecule has 2 heteroatoms. The van der Waals surface area contributed by atoms with Crippen LogP contribution in [0.1, 0.15) is 29.5 Å². The fourth-order valence-corrected chi connectivity index (χ4v) is 3.06. The molecule has 0 spiro atoms. The second kappa shape index (κ2) is 8.32. The van der Waals surface area contributed by atoms with Crippen molar-refractivity contribution in [1.82, 2.24) is 0 Å². The molecule has 25 heavy (non-hydrogen) atoms. The maximum atomic E-state index is 9.66. The third-order valence-electron chi connectivity index (χ3n) is 4.23. The highest BCUT2D eigenvalue weighted by atomic mass is 16.3. The molecule has 0 fully saturated rings. The number of aliphatic hydroxyl groups is 1. The lowest BCUT2D eigenvalue weighted by Crippen LogP contribution is -1.97. The second-order valence-corrected chi connectivity index (χ2v) is 5.96. The van der Waals surface area contributed by atoms with Crippen LogP contribution in [-0.2, 0) is 0 Å². The number of rotatable bonds is 6. The van der Waals surface area contributed by atoms with Crippen LogP contribution in [0.25, 0.3) is 11.1 Å². The number of aliphatic hydroxyl groups excluding tert-OH is 1. The van der Waals surface area contributed by atoms with E-state index in [9.17, 15) is 10.2 Å². The lowest BCUT2D eigenvalue weighted by Gasteiger charge is -2.17. The van der Waals surface area contributed by atoms with Crippen molar-refractivity contribution in [2.24, 2.45) is 0 Å². The molecule has 0 heterocycles. The van der Waals surface area contributed by atoms with Gasteiger partial charge in [0.1, 0.15) is 5.75 Å².